The number of amides is 2. The molecule has 0 unspecified atom stereocenters. The Morgan fingerprint density at radius 3 is 2.58 bits per heavy atom. The molecule has 2 aliphatic rings. The minimum Gasteiger partial charge on any atom is -0.494 e. The predicted molar refractivity (Wildman–Crippen MR) is 108 cm³/mol. The predicted octanol–water partition coefficient (Wildman–Crippen LogP) is 3.30. The lowest BCUT2D eigenvalue weighted by atomic mass is 10.1. The Morgan fingerprint density at radius 2 is 1.92 bits per heavy atom. The van der Waals surface area contributed by atoms with Crippen molar-refractivity contribution in [2.24, 2.45) is 0 Å². The van der Waals surface area contributed by atoms with E-state index in [4.69, 9.17) is 17.0 Å². The number of rotatable bonds is 5. The van der Waals surface area contributed by atoms with E-state index in [0.29, 0.717) is 15.8 Å². The number of benzene rings is 1. The summed E-state index contributed by atoms with van der Waals surface area (Å²) in [5.41, 5.74) is 0.899. The van der Waals surface area contributed by atoms with E-state index in [2.05, 4.69) is 0 Å². The molecule has 0 N–H and O–H groups in total. The van der Waals surface area contributed by atoms with Crippen molar-refractivity contribution in [2.75, 3.05) is 26.2 Å². The van der Waals surface area contributed by atoms with Crippen molar-refractivity contribution in [1.82, 2.24) is 9.80 Å². The standard InChI is InChI=1S/C19H22N2O3S2/c1-2-24-15-8-6-14(7-9-15)12-16-18(23)21(19(25)26-16)13-17(22)20-10-4-3-5-11-20/h6-9,12H,2-5,10-11,13H2,1H3/b16-12-. The van der Waals surface area contributed by atoms with Gasteiger partial charge in [-0.2, -0.15) is 0 Å². The fraction of sp³-hybridized carbons (Fsp3) is 0.421. The van der Waals surface area contributed by atoms with Gasteiger partial charge in [-0.25, -0.2) is 0 Å². The average Bonchev–Trinajstić information content (AvgIpc) is 2.91. The van der Waals surface area contributed by atoms with E-state index in [1.54, 1.807) is 6.08 Å². The van der Waals surface area contributed by atoms with Gasteiger partial charge in [-0.15, -0.1) is 0 Å². The van der Waals surface area contributed by atoms with Gasteiger partial charge in [0.05, 0.1) is 11.5 Å². The summed E-state index contributed by atoms with van der Waals surface area (Å²) in [4.78, 5) is 28.9. The molecule has 5 nitrogen and oxygen atoms in total. The summed E-state index contributed by atoms with van der Waals surface area (Å²) in [6.45, 7) is 4.13. The molecule has 0 spiro atoms. The third-order valence-electron chi connectivity index (χ3n) is 4.36. The van der Waals surface area contributed by atoms with Crippen LogP contribution in [0, 0.1) is 0 Å². The lowest BCUT2D eigenvalue weighted by Crippen LogP contribution is -2.44. The molecule has 1 aromatic rings. The van der Waals surface area contributed by atoms with Crippen molar-refractivity contribution >= 4 is 46.2 Å². The van der Waals surface area contributed by atoms with Gasteiger partial charge < -0.3 is 9.64 Å². The Morgan fingerprint density at radius 1 is 1.23 bits per heavy atom. The van der Waals surface area contributed by atoms with Crippen LogP contribution in [-0.2, 0) is 9.59 Å². The van der Waals surface area contributed by atoms with Gasteiger partial charge in [0, 0.05) is 13.1 Å². The largest absolute Gasteiger partial charge is 0.494 e. The van der Waals surface area contributed by atoms with Gasteiger partial charge in [-0.3, -0.25) is 14.5 Å². The molecule has 7 heteroatoms. The quantitative estimate of drug-likeness (QED) is 0.570. The second-order valence-corrected chi connectivity index (χ2v) is 7.89. The number of piperidine rings is 1. The Balaban J connectivity index is 1.66. The first-order chi connectivity index (χ1) is 12.6. The van der Waals surface area contributed by atoms with Crippen molar-refractivity contribution in [2.45, 2.75) is 26.2 Å². The fourth-order valence-corrected chi connectivity index (χ4v) is 4.25. The maximum atomic E-state index is 12.7. The third kappa shape index (κ3) is 4.45. The maximum absolute atomic E-state index is 12.7. The number of likely N-dealkylation sites (tertiary alicyclic amines) is 1. The van der Waals surface area contributed by atoms with Gasteiger partial charge in [-0.1, -0.05) is 36.1 Å². The van der Waals surface area contributed by atoms with Gasteiger partial charge >= 0.3 is 0 Å². The van der Waals surface area contributed by atoms with Crippen LogP contribution >= 0.6 is 24.0 Å². The Labute approximate surface area is 163 Å². The summed E-state index contributed by atoms with van der Waals surface area (Å²) in [5.74, 6) is 0.576. The highest BCUT2D eigenvalue weighted by Crippen LogP contribution is 2.32. The van der Waals surface area contributed by atoms with Crippen molar-refractivity contribution < 1.29 is 14.3 Å². The summed E-state index contributed by atoms with van der Waals surface area (Å²) >= 11 is 6.57. The molecule has 2 aliphatic heterocycles. The number of hydrogen-bond acceptors (Lipinski definition) is 5. The Hall–Kier alpha value is -1.86. The van der Waals surface area contributed by atoms with Crippen LogP contribution in [0.25, 0.3) is 6.08 Å². The van der Waals surface area contributed by atoms with Crippen LogP contribution in [0.2, 0.25) is 0 Å². The molecule has 0 bridgehead atoms. The summed E-state index contributed by atoms with van der Waals surface area (Å²) in [6, 6.07) is 7.54. The number of carbonyl (C=O) groups excluding carboxylic acids is 2. The summed E-state index contributed by atoms with van der Waals surface area (Å²) in [5, 5.41) is 0. The molecule has 26 heavy (non-hydrogen) atoms. The molecular weight excluding hydrogens is 368 g/mol. The molecular formula is C19H22N2O3S2. The number of carbonyl (C=O) groups is 2. The molecule has 2 fully saturated rings. The van der Waals surface area contributed by atoms with Gasteiger partial charge in [0.25, 0.3) is 5.91 Å². The number of nitrogens with zero attached hydrogens (tertiary/aromatic N) is 2. The first-order valence-electron chi connectivity index (χ1n) is 8.84. The van der Waals surface area contributed by atoms with Gasteiger partial charge in [-0.05, 0) is 50.0 Å². The third-order valence-corrected chi connectivity index (χ3v) is 5.74. The van der Waals surface area contributed by atoms with Gasteiger partial charge in [0.1, 0.15) is 16.6 Å². The van der Waals surface area contributed by atoms with Crippen molar-refractivity contribution in [3.63, 3.8) is 0 Å². The minimum atomic E-state index is -0.195. The normalized spacial score (nSPS) is 19.3. The lowest BCUT2D eigenvalue weighted by Gasteiger charge is -2.28. The van der Waals surface area contributed by atoms with Gasteiger partial charge in [0.15, 0.2) is 0 Å². The lowest BCUT2D eigenvalue weighted by molar-refractivity contribution is -0.136. The molecule has 0 saturated carbocycles. The maximum Gasteiger partial charge on any atom is 0.266 e. The van der Waals surface area contributed by atoms with Crippen LogP contribution in [0.4, 0.5) is 0 Å². The second-order valence-electron chi connectivity index (χ2n) is 6.21. The molecule has 0 radical (unpaired) electrons. The number of thiocarbonyl (C=S) groups is 1. The smallest absolute Gasteiger partial charge is 0.266 e. The van der Waals surface area contributed by atoms with E-state index in [1.807, 2.05) is 36.1 Å². The number of ether oxygens (including phenoxy) is 1. The highest BCUT2D eigenvalue weighted by Gasteiger charge is 2.34. The Kier molecular flexibility index (Phi) is 6.32. The minimum absolute atomic E-state index is 0.0247. The van der Waals surface area contributed by atoms with Crippen LogP contribution in [0.5, 0.6) is 5.75 Å². The van der Waals surface area contributed by atoms with E-state index in [9.17, 15) is 9.59 Å². The highest BCUT2D eigenvalue weighted by atomic mass is 32.2. The second kappa shape index (κ2) is 8.68. The first kappa shape index (κ1) is 18.9. The van der Waals surface area contributed by atoms with Crippen molar-refractivity contribution in [3.05, 3.63) is 34.7 Å². The molecule has 0 aromatic heterocycles. The molecule has 3 rings (SSSR count). The monoisotopic (exact) mass is 390 g/mol. The Bertz CT molecular complexity index is 725. The molecule has 1 aromatic carbocycles. The number of hydrogen-bond donors (Lipinski definition) is 0. The highest BCUT2D eigenvalue weighted by molar-refractivity contribution is 8.26. The van der Waals surface area contributed by atoms with E-state index in [0.717, 1.165) is 43.7 Å². The number of thioether (sulfide) groups is 1. The summed E-state index contributed by atoms with van der Waals surface area (Å²) in [7, 11) is 0. The molecule has 0 aliphatic carbocycles. The fourth-order valence-electron chi connectivity index (χ4n) is 2.99. The van der Waals surface area contributed by atoms with Crippen LogP contribution < -0.4 is 4.74 Å². The average molecular weight is 391 g/mol. The zero-order valence-corrected chi connectivity index (χ0v) is 16.4. The van der Waals surface area contributed by atoms with E-state index < -0.39 is 0 Å². The SMILES string of the molecule is CCOc1ccc(/C=C2\SC(=S)N(CC(=O)N3CCCCC3)C2=O)cc1. The zero-order chi connectivity index (χ0) is 18.5. The summed E-state index contributed by atoms with van der Waals surface area (Å²) < 4.78 is 5.87. The van der Waals surface area contributed by atoms with Crippen LogP contribution in [-0.4, -0.2) is 52.2 Å². The molecule has 2 heterocycles. The molecule has 2 amide bonds. The van der Waals surface area contributed by atoms with Crippen molar-refractivity contribution in [3.8, 4) is 5.75 Å². The van der Waals surface area contributed by atoms with E-state index in [1.165, 1.54) is 16.7 Å². The molecule has 2 saturated heterocycles. The topological polar surface area (TPSA) is 49.9 Å². The molecule has 0 atom stereocenters. The molecule has 138 valence electrons. The van der Waals surface area contributed by atoms with Gasteiger partial charge in [0.2, 0.25) is 5.91 Å². The van der Waals surface area contributed by atoms with Crippen molar-refractivity contribution in [1.29, 1.82) is 0 Å². The summed E-state index contributed by atoms with van der Waals surface area (Å²) in [6.07, 6.45) is 5.03. The zero-order valence-electron chi connectivity index (χ0n) is 14.8. The van der Waals surface area contributed by atoms with E-state index >= 15 is 0 Å². The van der Waals surface area contributed by atoms with Crippen LogP contribution in [0.1, 0.15) is 31.7 Å². The van der Waals surface area contributed by atoms with Crippen LogP contribution in [0.3, 0.4) is 0 Å². The first-order valence-corrected chi connectivity index (χ1v) is 10.1. The van der Waals surface area contributed by atoms with Crippen LogP contribution in [0.15, 0.2) is 29.2 Å². The van der Waals surface area contributed by atoms with E-state index in [-0.39, 0.29) is 18.4 Å².